The van der Waals surface area contributed by atoms with E-state index in [1.54, 1.807) is 60.7 Å². The molecule has 0 radical (unpaired) electrons. The molecule has 5 rings (SSSR count). The zero-order valence-corrected chi connectivity index (χ0v) is 19.3. The van der Waals surface area contributed by atoms with Crippen LogP contribution in [0, 0.1) is 13.8 Å². The molecule has 0 aliphatic heterocycles. The van der Waals surface area contributed by atoms with Crippen molar-refractivity contribution >= 4 is 21.9 Å². The van der Waals surface area contributed by atoms with E-state index in [0.29, 0.717) is 22.1 Å². The Labute approximate surface area is 199 Å². The van der Waals surface area contributed by atoms with Crippen molar-refractivity contribution < 1.29 is 23.8 Å². The smallest absolute Gasteiger partial charge is 0.344 e. The molecule has 0 aliphatic rings. The van der Waals surface area contributed by atoms with Gasteiger partial charge in [0.1, 0.15) is 28.4 Å². The van der Waals surface area contributed by atoms with Crippen LogP contribution in [0.15, 0.2) is 79.1 Å². The molecule has 176 valence electrons. The fraction of sp³-hybridized carbons (Fsp3) is 0.143. The number of aryl methyl sites for hydroxylation is 2. The standard InChI is InChI=1S/C28H22O7/c1-14-7-9-20-18(11-14)25(29)23(27(31)34-20)22(16-5-4-6-17(13-16)33-3)24-26(30)19-12-15(2)8-10-21(19)35-28(24)32/h4-13,22,29-30H,1-3H3. The fourth-order valence-corrected chi connectivity index (χ4v) is 4.44. The molecular weight excluding hydrogens is 448 g/mol. The van der Waals surface area contributed by atoms with Gasteiger partial charge in [0.2, 0.25) is 0 Å². The first kappa shape index (κ1) is 22.3. The van der Waals surface area contributed by atoms with E-state index in [2.05, 4.69) is 0 Å². The molecule has 7 nitrogen and oxygen atoms in total. The average Bonchev–Trinajstić information content (AvgIpc) is 2.84. The van der Waals surface area contributed by atoms with Gasteiger partial charge in [0, 0.05) is 0 Å². The van der Waals surface area contributed by atoms with Crippen LogP contribution >= 0.6 is 0 Å². The van der Waals surface area contributed by atoms with E-state index in [1.165, 1.54) is 7.11 Å². The first-order valence-electron chi connectivity index (χ1n) is 10.9. The van der Waals surface area contributed by atoms with Gasteiger partial charge in [0.05, 0.1) is 34.9 Å². The minimum Gasteiger partial charge on any atom is -0.507 e. The molecule has 7 heteroatoms. The van der Waals surface area contributed by atoms with Crippen molar-refractivity contribution in [2.75, 3.05) is 7.11 Å². The maximum Gasteiger partial charge on any atom is 0.344 e. The predicted octanol–water partition coefficient (Wildman–Crippen LogP) is 5.12. The van der Waals surface area contributed by atoms with Crippen molar-refractivity contribution in [1.29, 1.82) is 0 Å². The van der Waals surface area contributed by atoms with Crippen molar-refractivity contribution in [1.82, 2.24) is 0 Å². The number of benzene rings is 3. The Bertz CT molecular complexity index is 1620. The highest BCUT2D eigenvalue weighted by Crippen LogP contribution is 2.42. The average molecular weight is 470 g/mol. The normalized spacial score (nSPS) is 11.4. The Morgan fingerprint density at radius 1 is 0.743 bits per heavy atom. The first-order valence-corrected chi connectivity index (χ1v) is 10.9. The predicted molar refractivity (Wildman–Crippen MR) is 132 cm³/mol. The fourth-order valence-electron chi connectivity index (χ4n) is 4.44. The summed E-state index contributed by atoms with van der Waals surface area (Å²) >= 11 is 0. The van der Waals surface area contributed by atoms with Crippen LogP contribution in [0.4, 0.5) is 0 Å². The molecular formula is C28H22O7. The summed E-state index contributed by atoms with van der Waals surface area (Å²) < 4.78 is 16.4. The van der Waals surface area contributed by atoms with Gasteiger partial charge in [-0.2, -0.15) is 0 Å². The number of hydrogen-bond donors (Lipinski definition) is 2. The lowest BCUT2D eigenvalue weighted by atomic mass is 9.84. The maximum absolute atomic E-state index is 13.2. The number of hydrogen-bond acceptors (Lipinski definition) is 7. The van der Waals surface area contributed by atoms with Gasteiger partial charge in [-0.3, -0.25) is 0 Å². The van der Waals surface area contributed by atoms with Crippen LogP contribution in [0.25, 0.3) is 21.9 Å². The number of ether oxygens (including phenoxy) is 1. The van der Waals surface area contributed by atoms with Gasteiger partial charge >= 0.3 is 11.3 Å². The topological polar surface area (TPSA) is 110 Å². The third-order valence-corrected chi connectivity index (χ3v) is 6.14. The molecule has 0 saturated carbocycles. The highest BCUT2D eigenvalue weighted by atomic mass is 16.5. The number of fused-ring (bicyclic) bond motifs is 2. The van der Waals surface area contributed by atoms with Gasteiger partial charge < -0.3 is 23.8 Å². The molecule has 5 aromatic rings. The van der Waals surface area contributed by atoms with Crippen molar-refractivity contribution in [3.05, 3.63) is 109 Å². The molecule has 0 saturated heterocycles. The van der Waals surface area contributed by atoms with Crippen LogP contribution in [0.3, 0.4) is 0 Å². The van der Waals surface area contributed by atoms with E-state index in [0.717, 1.165) is 11.1 Å². The number of rotatable bonds is 4. The van der Waals surface area contributed by atoms with Gasteiger partial charge in [-0.25, -0.2) is 9.59 Å². The molecule has 0 bridgehead atoms. The molecule has 0 amide bonds. The van der Waals surface area contributed by atoms with E-state index in [4.69, 9.17) is 13.6 Å². The summed E-state index contributed by atoms with van der Waals surface area (Å²) in [6, 6.07) is 16.8. The molecule has 0 atom stereocenters. The van der Waals surface area contributed by atoms with E-state index < -0.39 is 17.2 Å². The Morgan fingerprint density at radius 3 is 1.74 bits per heavy atom. The number of aromatic hydroxyl groups is 2. The third-order valence-electron chi connectivity index (χ3n) is 6.14. The van der Waals surface area contributed by atoms with Gasteiger partial charge in [0.25, 0.3) is 0 Å². The lowest BCUT2D eigenvalue weighted by Gasteiger charge is -2.20. The Balaban J connectivity index is 1.92. The maximum atomic E-state index is 13.2. The molecule has 0 unspecified atom stereocenters. The van der Waals surface area contributed by atoms with E-state index >= 15 is 0 Å². The minimum absolute atomic E-state index is 0.189. The summed E-state index contributed by atoms with van der Waals surface area (Å²) in [5.74, 6) is -1.41. The van der Waals surface area contributed by atoms with Crippen LogP contribution in [0.1, 0.15) is 33.7 Å². The van der Waals surface area contributed by atoms with Gasteiger partial charge in [-0.1, -0.05) is 35.4 Å². The van der Waals surface area contributed by atoms with Gasteiger partial charge in [-0.15, -0.1) is 0 Å². The lowest BCUT2D eigenvalue weighted by Crippen LogP contribution is -2.21. The monoisotopic (exact) mass is 470 g/mol. The molecule has 2 N–H and O–H groups in total. The highest BCUT2D eigenvalue weighted by molar-refractivity contribution is 5.87. The van der Waals surface area contributed by atoms with E-state index in [9.17, 15) is 19.8 Å². The van der Waals surface area contributed by atoms with Crippen LogP contribution < -0.4 is 16.0 Å². The van der Waals surface area contributed by atoms with Crippen LogP contribution in [0.2, 0.25) is 0 Å². The second kappa shape index (κ2) is 8.36. The summed E-state index contributed by atoms with van der Waals surface area (Å²) in [6.45, 7) is 3.69. The van der Waals surface area contributed by atoms with Crippen LogP contribution in [-0.4, -0.2) is 17.3 Å². The molecule has 0 aliphatic carbocycles. The molecule has 0 spiro atoms. The van der Waals surface area contributed by atoms with Crippen molar-refractivity contribution in [2.45, 2.75) is 19.8 Å². The summed E-state index contributed by atoms with van der Waals surface area (Å²) in [5.41, 5.74) is 0.464. The molecule has 2 aromatic heterocycles. The zero-order chi connectivity index (χ0) is 24.9. The van der Waals surface area contributed by atoms with Crippen LogP contribution in [-0.2, 0) is 0 Å². The van der Waals surface area contributed by atoms with Crippen molar-refractivity contribution in [3.63, 3.8) is 0 Å². The molecule has 35 heavy (non-hydrogen) atoms. The lowest BCUT2D eigenvalue weighted by molar-refractivity contribution is 0.413. The summed E-state index contributed by atoms with van der Waals surface area (Å²) in [4.78, 5) is 26.5. The van der Waals surface area contributed by atoms with Crippen molar-refractivity contribution in [2.24, 2.45) is 0 Å². The summed E-state index contributed by atoms with van der Waals surface area (Å²) in [5, 5.41) is 23.2. The quantitative estimate of drug-likeness (QED) is 0.351. The number of methoxy groups -OCH3 is 1. The summed E-state index contributed by atoms with van der Waals surface area (Å²) in [7, 11) is 1.49. The Kier molecular flexibility index (Phi) is 5.32. The second-order valence-electron chi connectivity index (χ2n) is 8.51. The minimum atomic E-state index is -1.20. The zero-order valence-electron chi connectivity index (χ0n) is 19.3. The van der Waals surface area contributed by atoms with E-state index in [1.807, 2.05) is 13.8 Å². The highest BCUT2D eigenvalue weighted by Gasteiger charge is 2.32. The summed E-state index contributed by atoms with van der Waals surface area (Å²) in [6.07, 6.45) is 0. The third kappa shape index (κ3) is 3.71. The first-order chi connectivity index (χ1) is 16.8. The molecule has 2 heterocycles. The van der Waals surface area contributed by atoms with Crippen LogP contribution in [0.5, 0.6) is 17.2 Å². The Hall–Kier alpha value is -4.52. The SMILES string of the molecule is COc1cccc(C(c2c(O)c3cc(C)ccc3oc2=O)c2c(O)c3cc(C)ccc3oc2=O)c1. The second-order valence-corrected chi connectivity index (χ2v) is 8.51. The Morgan fingerprint density at radius 2 is 1.26 bits per heavy atom. The molecule has 0 fully saturated rings. The van der Waals surface area contributed by atoms with Gasteiger partial charge in [0.15, 0.2) is 0 Å². The van der Waals surface area contributed by atoms with Crippen molar-refractivity contribution in [3.8, 4) is 17.2 Å². The largest absolute Gasteiger partial charge is 0.507 e. The van der Waals surface area contributed by atoms with E-state index in [-0.39, 0.29) is 33.8 Å². The molecule has 3 aromatic carbocycles. The van der Waals surface area contributed by atoms with Gasteiger partial charge in [-0.05, 0) is 55.8 Å².